The molecule has 4 heteroatoms. The van der Waals surface area contributed by atoms with Crippen LogP contribution in [-0.2, 0) is 6.42 Å². The third-order valence-electron chi connectivity index (χ3n) is 3.08. The zero-order chi connectivity index (χ0) is 13.8. The highest BCUT2D eigenvalue weighted by molar-refractivity contribution is 7.09. The summed E-state index contributed by atoms with van der Waals surface area (Å²) in [6, 6.07) is 7.87. The molecule has 1 unspecified atom stereocenters. The van der Waals surface area contributed by atoms with Crippen LogP contribution in [0.4, 0.5) is 0 Å². The summed E-state index contributed by atoms with van der Waals surface area (Å²) in [4.78, 5) is 4.63. The first-order valence-electron chi connectivity index (χ1n) is 6.44. The van der Waals surface area contributed by atoms with E-state index in [1.807, 2.05) is 24.3 Å². The van der Waals surface area contributed by atoms with E-state index in [1.54, 1.807) is 18.4 Å². The van der Waals surface area contributed by atoms with Crippen LogP contribution < -0.4 is 10.5 Å². The summed E-state index contributed by atoms with van der Waals surface area (Å²) >= 11 is 1.69. The van der Waals surface area contributed by atoms with Crippen molar-refractivity contribution in [1.82, 2.24) is 4.98 Å². The number of nitrogens with zero attached hydrogens (tertiary/aromatic N) is 1. The molecule has 0 amide bonds. The van der Waals surface area contributed by atoms with E-state index in [1.165, 1.54) is 0 Å². The SMILES string of the molecule is COc1cccc(C(N)Cc2nc(C(C)C)cs2)c1. The normalized spacial score (nSPS) is 12.7. The quantitative estimate of drug-likeness (QED) is 0.909. The molecule has 2 N–H and O–H groups in total. The first kappa shape index (κ1) is 14.0. The number of ether oxygens (including phenoxy) is 1. The maximum atomic E-state index is 6.25. The second kappa shape index (κ2) is 6.17. The van der Waals surface area contributed by atoms with Gasteiger partial charge in [0.05, 0.1) is 17.8 Å². The molecule has 1 aromatic heterocycles. The van der Waals surface area contributed by atoms with Crippen molar-refractivity contribution in [2.45, 2.75) is 32.2 Å². The fourth-order valence-electron chi connectivity index (χ4n) is 1.86. The van der Waals surface area contributed by atoms with Crippen LogP contribution in [0.15, 0.2) is 29.6 Å². The van der Waals surface area contributed by atoms with Crippen LogP contribution in [0.1, 0.15) is 42.1 Å². The van der Waals surface area contributed by atoms with Gasteiger partial charge in [-0.25, -0.2) is 4.98 Å². The molecule has 1 heterocycles. The maximum Gasteiger partial charge on any atom is 0.119 e. The van der Waals surface area contributed by atoms with Gasteiger partial charge in [0, 0.05) is 17.8 Å². The summed E-state index contributed by atoms with van der Waals surface area (Å²) in [6.07, 6.45) is 0.768. The van der Waals surface area contributed by atoms with Gasteiger partial charge >= 0.3 is 0 Å². The predicted octanol–water partition coefficient (Wildman–Crippen LogP) is 3.52. The lowest BCUT2D eigenvalue weighted by atomic mass is 10.0. The average Bonchev–Trinajstić information content (AvgIpc) is 2.87. The Balaban J connectivity index is 2.08. The molecule has 0 aliphatic carbocycles. The van der Waals surface area contributed by atoms with E-state index >= 15 is 0 Å². The van der Waals surface area contributed by atoms with Crippen LogP contribution in [0.3, 0.4) is 0 Å². The molecule has 0 radical (unpaired) electrons. The lowest BCUT2D eigenvalue weighted by Crippen LogP contribution is -2.13. The van der Waals surface area contributed by atoms with Crippen LogP contribution in [0.25, 0.3) is 0 Å². The monoisotopic (exact) mass is 276 g/mol. The van der Waals surface area contributed by atoms with Crippen molar-refractivity contribution >= 4 is 11.3 Å². The molecule has 0 fully saturated rings. The van der Waals surface area contributed by atoms with E-state index in [9.17, 15) is 0 Å². The molecule has 19 heavy (non-hydrogen) atoms. The van der Waals surface area contributed by atoms with Gasteiger partial charge in [-0.3, -0.25) is 0 Å². The number of thiazole rings is 1. The van der Waals surface area contributed by atoms with Crippen molar-refractivity contribution in [1.29, 1.82) is 0 Å². The van der Waals surface area contributed by atoms with Gasteiger partial charge in [-0.1, -0.05) is 26.0 Å². The minimum atomic E-state index is -0.0405. The number of methoxy groups -OCH3 is 1. The lowest BCUT2D eigenvalue weighted by molar-refractivity contribution is 0.414. The number of rotatable bonds is 5. The van der Waals surface area contributed by atoms with Crippen molar-refractivity contribution < 1.29 is 4.74 Å². The van der Waals surface area contributed by atoms with Crippen molar-refractivity contribution in [2.24, 2.45) is 5.73 Å². The first-order chi connectivity index (χ1) is 9.10. The molecule has 0 saturated heterocycles. The standard InChI is InChI=1S/C15H20N2OS/c1-10(2)14-9-19-15(17-14)8-13(16)11-5-4-6-12(7-11)18-3/h4-7,9-10,13H,8,16H2,1-3H3. The summed E-state index contributed by atoms with van der Waals surface area (Å²) in [6.45, 7) is 4.31. The van der Waals surface area contributed by atoms with E-state index in [2.05, 4.69) is 24.2 Å². The third kappa shape index (κ3) is 3.55. The first-order valence-corrected chi connectivity index (χ1v) is 7.32. The van der Waals surface area contributed by atoms with Gasteiger partial charge in [0.1, 0.15) is 5.75 Å². The van der Waals surface area contributed by atoms with Crippen molar-refractivity contribution in [3.8, 4) is 5.75 Å². The third-order valence-corrected chi connectivity index (χ3v) is 3.97. The molecule has 0 spiro atoms. The smallest absolute Gasteiger partial charge is 0.119 e. The molecule has 3 nitrogen and oxygen atoms in total. The fraction of sp³-hybridized carbons (Fsp3) is 0.400. The van der Waals surface area contributed by atoms with Crippen molar-refractivity contribution in [3.05, 3.63) is 45.9 Å². The Bertz CT molecular complexity index is 536. The van der Waals surface area contributed by atoms with Gasteiger partial charge in [0.15, 0.2) is 0 Å². The minimum absolute atomic E-state index is 0.0405. The molecule has 0 bridgehead atoms. The highest BCUT2D eigenvalue weighted by Crippen LogP contribution is 2.24. The van der Waals surface area contributed by atoms with Crippen LogP contribution in [0, 0.1) is 0 Å². The molecule has 1 atom stereocenters. The van der Waals surface area contributed by atoms with Gasteiger partial charge in [-0.05, 0) is 23.6 Å². The Morgan fingerprint density at radius 2 is 2.16 bits per heavy atom. The van der Waals surface area contributed by atoms with Crippen LogP contribution in [0.5, 0.6) is 5.75 Å². The van der Waals surface area contributed by atoms with Crippen LogP contribution in [0.2, 0.25) is 0 Å². The summed E-state index contributed by atoms with van der Waals surface area (Å²) < 4.78 is 5.22. The van der Waals surface area contributed by atoms with Crippen molar-refractivity contribution in [3.63, 3.8) is 0 Å². The van der Waals surface area contributed by atoms with E-state index in [-0.39, 0.29) is 6.04 Å². The van der Waals surface area contributed by atoms with Gasteiger partial charge in [0.2, 0.25) is 0 Å². The van der Waals surface area contributed by atoms with Gasteiger partial charge in [-0.15, -0.1) is 11.3 Å². The Morgan fingerprint density at radius 3 is 2.79 bits per heavy atom. The maximum absolute atomic E-state index is 6.25. The van der Waals surface area contributed by atoms with Gasteiger partial charge < -0.3 is 10.5 Å². The molecule has 2 aromatic rings. The molecule has 0 aliphatic heterocycles. The van der Waals surface area contributed by atoms with E-state index in [4.69, 9.17) is 10.5 Å². The topological polar surface area (TPSA) is 48.1 Å². The van der Waals surface area contributed by atoms with E-state index in [0.29, 0.717) is 5.92 Å². The number of aromatic nitrogens is 1. The Labute approximate surface area is 118 Å². The Hall–Kier alpha value is -1.39. The van der Waals surface area contributed by atoms with Gasteiger partial charge in [0.25, 0.3) is 0 Å². The molecule has 0 saturated carbocycles. The summed E-state index contributed by atoms with van der Waals surface area (Å²) in [7, 11) is 1.67. The molecule has 0 aliphatic rings. The fourth-order valence-corrected chi connectivity index (χ4v) is 2.88. The van der Waals surface area contributed by atoms with Gasteiger partial charge in [-0.2, -0.15) is 0 Å². The zero-order valence-corrected chi connectivity index (χ0v) is 12.4. The summed E-state index contributed by atoms with van der Waals surface area (Å²) in [5.41, 5.74) is 8.48. The molecular weight excluding hydrogens is 256 g/mol. The molecular formula is C15H20N2OS. The second-order valence-corrected chi connectivity index (χ2v) is 5.85. The highest BCUT2D eigenvalue weighted by atomic mass is 32.1. The zero-order valence-electron chi connectivity index (χ0n) is 11.6. The average molecular weight is 276 g/mol. The number of nitrogens with two attached hydrogens (primary N) is 1. The highest BCUT2D eigenvalue weighted by Gasteiger charge is 2.12. The molecule has 102 valence electrons. The number of hydrogen-bond donors (Lipinski definition) is 1. The lowest BCUT2D eigenvalue weighted by Gasteiger charge is -2.11. The molecule has 1 aromatic carbocycles. The van der Waals surface area contributed by atoms with E-state index < -0.39 is 0 Å². The summed E-state index contributed by atoms with van der Waals surface area (Å²) in [5, 5.41) is 3.22. The van der Waals surface area contributed by atoms with Crippen LogP contribution >= 0.6 is 11.3 Å². The Kier molecular flexibility index (Phi) is 4.56. The number of hydrogen-bond acceptors (Lipinski definition) is 4. The van der Waals surface area contributed by atoms with Crippen molar-refractivity contribution in [2.75, 3.05) is 7.11 Å². The Morgan fingerprint density at radius 1 is 1.37 bits per heavy atom. The molecule has 2 rings (SSSR count). The number of benzene rings is 1. The predicted molar refractivity (Wildman–Crippen MR) is 79.8 cm³/mol. The van der Waals surface area contributed by atoms with E-state index in [0.717, 1.165) is 28.4 Å². The summed E-state index contributed by atoms with van der Waals surface area (Å²) in [5.74, 6) is 1.31. The minimum Gasteiger partial charge on any atom is -0.497 e. The van der Waals surface area contributed by atoms with Crippen LogP contribution in [-0.4, -0.2) is 12.1 Å². The second-order valence-electron chi connectivity index (χ2n) is 4.91. The largest absolute Gasteiger partial charge is 0.497 e.